The van der Waals surface area contributed by atoms with Gasteiger partial charge in [-0.25, -0.2) is 4.79 Å². The molecule has 0 radical (unpaired) electrons. The molecular weight excluding hydrogens is 234 g/mol. The molecule has 2 rings (SSSR count). The number of carboxylic acids is 1. The molecule has 3 nitrogen and oxygen atoms in total. The average Bonchev–Trinajstić information content (AvgIpc) is 2.68. The molecule has 0 unspecified atom stereocenters. The number of carbonyl (C=O) groups is 1. The molecule has 0 fully saturated rings. The summed E-state index contributed by atoms with van der Waals surface area (Å²) in [6.07, 6.45) is 0. The van der Waals surface area contributed by atoms with Crippen molar-refractivity contribution < 1.29 is 9.90 Å². The molecule has 2 aromatic rings. The van der Waals surface area contributed by atoms with Crippen LogP contribution in [0.4, 0.5) is 0 Å². The highest BCUT2D eigenvalue weighted by atomic mass is 32.2. The average molecular weight is 249 g/mol. The monoisotopic (exact) mass is 249 g/mol. The molecule has 0 atom stereocenters. The lowest BCUT2D eigenvalue weighted by Gasteiger charge is -2.01. The van der Waals surface area contributed by atoms with E-state index in [1.165, 1.54) is 0 Å². The van der Waals surface area contributed by atoms with E-state index in [0.29, 0.717) is 10.8 Å². The fourth-order valence-corrected chi connectivity index (χ4v) is 2.40. The number of aromatic amines is 1. The standard InChI is InChI=1S/C13H15NO2S/c1-8(2)17-7-9-6-11-10(13(15)16)4-3-5-12(11)14-9/h3-6,8,14H,7H2,1-2H3,(H,15,16). The Morgan fingerprint density at radius 2 is 2.24 bits per heavy atom. The van der Waals surface area contributed by atoms with Gasteiger partial charge < -0.3 is 10.1 Å². The SMILES string of the molecule is CC(C)SCc1cc2c(C(=O)O)cccc2[nH]1. The molecule has 0 saturated heterocycles. The van der Waals surface area contributed by atoms with Crippen LogP contribution >= 0.6 is 11.8 Å². The summed E-state index contributed by atoms with van der Waals surface area (Å²) < 4.78 is 0. The molecule has 0 aliphatic heterocycles. The lowest BCUT2D eigenvalue weighted by atomic mass is 10.1. The van der Waals surface area contributed by atoms with E-state index in [2.05, 4.69) is 18.8 Å². The first-order valence-electron chi connectivity index (χ1n) is 5.53. The molecule has 4 heteroatoms. The van der Waals surface area contributed by atoms with Crippen LogP contribution in [0.5, 0.6) is 0 Å². The Balaban J connectivity index is 2.36. The molecule has 17 heavy (non-hydrogen) atoms. The van der Waals surface area contributed by atoms with Crippen LogP contribution in [-0.2, 0) is 5.75 Å². The molecule has 0 spiro atoms. The molecule has 1 heterocycles. The molecule has 1 aromatic carbocycles. The van der Waals surface area contributed by atoms with Crippen LogP contribution in [0.3, 0.4) is 0 Å². The number of hydrogen-bond donors (Lipinski definition) is 2. The zero-order valence-electron chi connectivity index (χ0n) is 9.86. The van der Waals surface area contributed by atoms with Gasteiger partial charge in [0, 0.05) is 22.3 Å². The van der Waals surface area contributed by atoms with Gasteiger partial charge in [0.05, 0.1) is 5.56 Å². The molecule has 0 aliphatic rings. The van der Waals surface area contributed by atoms with Gasteiger partial charge in [0.25, 0.3) is 0 Å². The zero-order valence-corrected chi connectivity index (χ0v) is 10.7. The van der Waals surface area contributed by atoms with Gasteiger partial charge in [-0.2, -0.15) is 11.8 Å². The first-order chi connectivity index (χ1) is 8.08. The van der Waals surface area contributed by atoms with E-state index >= 15 is 0 Å². The lowest BCUT2D eigenvalue weighted by molar-refractivity contribution is 0.0699. The van der Waals surface area contributed by atoms with Crippen LogP contribution < -0.4 is 0 Å². The van der Waals surface area contributed by atoms with Crippen LogP contribution in [0.1, 0.15) is 29.9 Å². The van der Waals surface area contributed by atoms with Crippen molar-refractivity contribution in [1.29, 1.82) is 0 Å². The minimum absolute atomic E-state index is 0.361. The highest BCUT2D eigenvalue weighted by Gasteiger charge is 2.10. The lowest BCUT2D eigenvalue weighted by Crippen LogP contribution is -1.95. The largest absolute Gasteiger partial charge is 0.478 e. The molecule has 1 aromatic heterocycles. The fourth-order valence-electron chi connectivity index (χ4n) is 1.73. The summed E-state index contributed by atoms with van der Waals surface area (Å²) in [4.78, 5) is 14.3. The minimum atomic E-state index is -0.877. The Hall–Kier alpha value is -1.42. The smallest absolute Gasteiger partial charge is 0.336 e. The predicted octanol–water partition coefficient (Wildman–Crippen LogP) is 3.51. The van der Waals surface area contributed by atoms with Crippen molar-refractivity contribution in [3.63, 3.8) is 0 Å². The van der Waals surface area contributed by atoms with E-state index < -0.39 is 5.97 Å². The van der Waals surface area contributed by atoms with Crippen molar-refractivity contribution in [3.8, 4) is 0 Å². The highest BCUT2D eigenvalue weighted by Crippen LogP contribution is 2.23. The van der Waals surface area contributed by atoms with Crippen LogP contribution in [0, 0.1) is 0 Å². The van der Waals surface area contributed by atoms with E-state index in [9.17, 15) is 4.79 Å². The Morgan fingerprint density at radius 1 is 1.47 bits per heavy atom. The van der Waals surface area contributed by atoms with Gasteiger partial charge in [0.15, 0.2) is 0 Å². The van der Waals surface area contributed by atoms with Gasteiger partial charge in [0.1, 0.15) is 0 Å². The summed E-state index contributed by atoms with van der Waals surface area (Å²) in [5.41, 5.74) is 2.33. The van der Waals surface area contributed by atoms with Crippen molar-refractivity contribution in [2.75, 3.05) is 0 Å². The van der Waals surface area contributed by atoms with Gasteiger partial charge in [-0.1, -0.05) is 19.9 Å². The maximum absolute atomic E-state index is 11.1. The summed E-state index contributed by atoms with van der Waals surface area (Å²) in [6, 6.07) is 7.25. The van der Waals surface area contributed by atoms with Gasteiger partial charge in [-0.3, -0.25) is 0 Å². The number of H-pyrrole nitrogens is 1. The maximum atomic E-state index is 11.1. The number of thioether (sulfide) groups is 1. The van der Waals surface area contributed by atoms with E-state index in [4.69, 9.17) is 5.11 Å². The van der Waals surface area contributed by atoms with Crippen molar-refractivity contribution in [3.05, 3.63) is 35.5 Å². The first-order valence-corrected chi connectivity index (χ1v) is 6.58. The molecule has 0 amide bonds. The summed E-state index contributed by atoms with van der Waals surface area (Å²) >= 11 is 1.84. The normalized spacial score (nSPS) is 11.2. The number of aromatic carboxylic acids is 1. The topological polar surface area (TPSA) is 53.1 Å². The van der Waals surface area contributed by atoms with E-state index in [1.54, 1.807) is 12.1 Å². The van der Waals surface area contributed by atoms with Crippen molar-refractivity contribution in [1.82, 2.24) is 4.98 Å². The Bertz CT molecular complexity index is 545. The van der Waals surface area contributed by atoms with Gasteiger partial charge in [-0.05, 0) is 23.4 Å². The van der Waals surface area contributed by atoms with Crippen molar-refractivity contribution in [2.24, 2.45) is 0 Å². The number of hydrogen-bond acceptors (Lipinski definition) is 2. The second-order valence-corrected chi connectivity index (χ2v) is 5.79. The van der Waals surface area contributed by atoms with Crippen molar-refractivity contribution >= 4 is 28.6 Å². The molecule has 0 aliphatic carbocycles. The third kappa shape index (κ3) is 2.64. The third-order valence-electron chi connectivity index (χ3n) is 2.52. The van der Waals surface area contributed by atoms with Gasteiger partial charge in [-0.15, -0.1) is 0 Å². The second kappa shape index (κ2) is 4.84. The van der Waals surface area contributed by atoms with Crippen LogP contribution in [-0.4, -0.2) is 21.3 Å². The molecular formula is C13H15NO2S. The summed E-state index contributed by atoms with van der Waals surface area (Å²) in [6.45, 7) is 4.30. The highest BCUT2D eigenvalue weighted by molar-refractivity contribution is 7.99. The molecule has 0 saturated carbocycles. The van der Waals surface area contributed by atoms with Crippen LogP contribution in [0.15, 0.2) is 24.3 Å². The number of carboxylic acid groups (broad SMARTS) is 1. The van der Waals surface area contributed by atoms with E-state index in [-0.39, 0.29) is 0 Å². The number of aromatic nitrogens is 1. The Kier molecular flexibility index (Phi) is 3.43. The number of nitrogens with one attached hydrogen (secondary N) is 1. The summed E-state index contributed by atoms with van der Waals surface area (Å²) in [5, 5.41) is 10.5. The Labute approximate surface area is 104 Å². The quantitative estimate of drug-likeness (QED) is 0.871. The summed E-state index contributed by atoms with van der Waals surface area (Å²) in [5.74, 6) is 0.00320. The third-order valence-corrected chi connectivity index (χ3v) is 3.67. The molecule has 2 N–H and O–H groups in total. The number of fused-ring (bicyclic) bond motifs is 1. The summed E-state index contributed by atoms with van der Waals surface area (Å²) in [7, 11) is 0. The van der Waals surface area contributed by atoms with Gasteiger partial charge in [0.2, 0.25) is 0 Å². The first kappa shape index (κ1) is 12.0. The Morgan fingerprint density at radius 3 is 2.88 bits per heavy atom. The predicted molar refractivity (Wildman–Crippen MR) is 71.7 cm³/mol. The van der Waals surface area contributed by atoms with E-state index in [0.717, 1.165) is 22.3 Å². The zero-order chi connectivity index (χ0) is 12.4. The minimum Gasteiger partial charge on any atom is -0.478 e. The number of rotatable bonds is 4. The molecule has 0 bridgehead atoms. The maximum Gasteiger partial charge on any atom is 0.336 e. The number of benzene rings is 1. The van der Waals surface area contributed by atoms with Crippen LogP contribution in [0.2, 0.25) is 0 Å². The second-order valence-electron chi connectivity index (χ2n) is 4.23. The van der Waals surface area contributed by atoms with Crippen LogP contribution in [0.25, 0.3) is 10.9 Å². The van der Waals surface area contributed by atoms with E-state index in [1.807, 2.05) is 23.9 Å². The molecule has 90 valence electrons. The fraction of sp³-hybridized carbons (Fsp3) is 0.308. The van der Waals surface area contributed by atoms with Crippen molar-refractivity contribution in [2.45, 2.75) is 24.9 Å². The van der Waals surface area contributed by atoms with Gasteiger partial charge >= 0.3 is 5.97 Å².